The van der Waals surface area contributed by atoms with Crippen LogP contribution in [0, 0.1) is 17.5 Å². The summed E-state index contributed by atoms with van der Waals surface area (Å²) in [5, 5.41) is 50.5. The van der Waals surface area contributed by atoms with Crippen LogP contribution in [-0.4, -0.2) is 86.7 Å². The molecule has 1 saturated carbocycles. The molecule has 1 aromatic carbocycles. The first-order valence-electron chi connectivity index (χ1n) is 12.7. The van der Waals surface area contributed by atoms with Crippen molar-refractivity contribution < 1.29 is 42.4 Å². The van der Waals surface area contributed by atoms with E-state index in [1.54, 1.807) is 0 Å². The summed E-state index contributed by atoms with van der Waals surface area (Å²) in [7, 11) is -1.77. The van der Waals surface area contributed by atoms with Crippen LogP contribution >= 0.6 is 22.5 Å². The van der Waals surface area contributed by atoms with Crippen LogP contribution < -0.4 is 0 Å². The Hall–Kier alpha value is -2.43. The number of rotatable bonds is 6. The second kappa shape index (κ2) is 11.3. The Morgan fingerprint density at radius 1 is 1.05 bits per heavy atom. The van der Waals surface area contributed by atoms with Crippen molar-refractivity contribution >= 4 is 22.5 Å². The van der Waals surface area contributed by atoms with Gasteiger partial charge in [-0.15, -0.1) is 5.10 Å². The summed E-state index contributed by atoms with van der Waals surface area (Å²) in [5.74, 6) is -7.59. The van der Waals surface area contributed by atoms with Crippen LogP contribution in [0.15, 0.2) is 30.7 Å². The summed E-state index contributed by atoms with van der Waals surface area (Å²) >= 11 is 6.35. The van der Waals surface area contributed by atoms with E-state index in [1.807, 2.05) is 0 Å². The van der Waals surface area contributed by atoms with E-state index in [4.69, 9.17) is 11.6 Å². The van der Waals surface area contributed by atoms with Gasteiger partial charge in [-0.2, -0.15) is 0 Å². The van der Waals surface area contributed by atoms with Crippen molar-refractivity contribution in [3.63, 3.8) is 0 Å². The van der Waals surface area contributed by atoms with Crippen LogP contribution in [0.2, 0.25) is 5.15 Å². The van der Waals surface area contributed by atoms with Crippen molar-refractivity contribution in [2.24, 2.45) is 0 Å². The molecule has 5 rings (SSSR count). The van der Waals surface area contributed by atoms with Crippen LogP contribution in [0.25, 0.3) is 11.3 Å². The Morgan fingerprint density at radius 3 is 2.29 bits per heavy atom. The molecule has 0 spiro atoms. The molecule has 1 aliphatic heterocycles. The molecule has 2 aromatic heterocycles. The molecule has 0 bridgehead atoms. The Bertz CT molecular complexity index is 1390. The van der Waals surface area contributed by atoms with Crippen LogP contribution in [0.5, 0.6) is 0 Å². The Labute approximate surface area is 238 Å². The largest absolute Gasteiger partial charge is 0.395 e. The molecule has 2 unspecified atom stereocenters. The van der Waals surface area contributed by atoms with Crippen molar-refractivity contribution in [2.75, 3.05) is 12.4 Å². The van der Waals surface area contributed by atoms with Gasteiger partial charge in [0.2, 0.25) is 5.92 Å². The third-order valence-corrected chi connectivity index (χ3v) is 11.7. The topological polar surface area (TPSA) is 137 Å². The maximum absolute atomic E-state index is 14.1. The minimum Gasteiger partial charge on any atom is -0.395 e. The van der Waals surface area contributed by atoms with Crippen LogP contribution in [0.4, 0.5) is 22.0 Å². The summed E-state index contributed by atoms with van der Waals surface area (Å²) in [4.78, 5) is 8.30. The summed E-state index contributed by atoms with van der Waals surface area (Å²) in [5.41, 5.74) is -1.82. The van der Waals surface area contributed by atoms with Gasteiger partial charge in [0.05, 0.1) is 41.6 Å². The Kier molecular flexibility index (Phi) is 8.31. The molecule has 41 heavy (non-hydrogen) atoms. The number of aliphatic hydroxyl groups excluding tert-OH is 3. The van der Waals surface area contributed by atoms with Gasteiger partial charge in [-0.1, -0.05) is 16.8 Å². The molecule has 0 radical (unpaired) electrons. The second-order valence-electron chi connectivity index (χ2n) is 10.4. The highest BCUT2D eigenvalue weighted by molar-refractivity contribution is 8.18. The first-order valence-corrected chi connectivity index (χ1v) is 14.8. The Morgan fingerprint density at radius 2 is 1.68 bits per heavy atom. The van der Waals surface area contributed by atoms with E-state index < -0.39 is 88.1 Å². The second-order valence-corrected chi connectivity index (χ2v) is 13.4. The minimum atomic E-state index is -2.97. The zero-order valence-electron chi connectivity index (χ0n) is 21.3. The van der Waals surface area contributed by atoms with Gasteiger partial charge >= 0.3 is 0 Å². The normalized spacial score (nSPS) is 29.3. The molecule has 16 heteroatoms. The number of halogens is 6. The monoisotopic (exact) mass is 623 g/mol. The van der Waals surface area contributed by atoms with Crippen LogP contribution in [0.3, 0.4) is 0 Å². The zero-order chi connectivity index (χ0) is 29.7. The summed E-state index contributed by atoms with van der Waals surface area (Å²) in [6.45, 7) is -0.605. The molecule has 9 nitrogen and oxygen atoms in total. The van der Waals surface area contributed by atoms with Crippen molar-refractivity contribution in [1.29, 1.82) is 0 Å². The molecule has 3 aromatic rings. The van der Waals surface area contributed by atoms with E-state index in [0.29, 0.717) is 0 Å². The number of nitrogens with zero attached hydrogens (tertiary/aromatic N) is 5. The Balaban J connectivity index is 1.49. The SMILES string of the molecule is OC[C@@H]1[C@H](O)[C@@H](n2cc(-c3cc(F)c(F)c(F)c3)nn2)[C@@H](O)C[SH]1C(c1nccnc1Cl)C1(O)CCC(F)(F)CC1. The maximum atomic E-state index is 14.1. The van der Waals surface area contributed by atoms with Crippen LogP contribution in [0.1, 0.15) is 42.7 Å². The van der Waals surface area contributed by atoms with Gasteiger partial charge in [0.1, 0.15) is 11.7 Å². The average molecular weight is 624 g/mol. The molecule has 2 fully saturated rings. The molecular weight excluding hydrogens is 597 g/mol. The number of hydrogen-bond donors (Lipinski definition) is 5. The van der Waals surface area contributed by atoms with Gasteiger partial charge < -0.3 is 20.4 Å². The first-order chi connectivity index (χ1) is 19.3. The van der Waals surface area contributed by atoms with E-state index in [1.165, 1.54) is 18.6 Å². The van der Waals surface area contributed by atoms with E-state index in [2.05, 4.69) is 20.3 Å². The molecule has 2 aliphatic rings. The molecule has 6 atom stereocenters. The fourth-order valence-corrected chi connectivity index (χ4v) is 9.73. The lowest BCUT2D eigenvalue weighted by Gasteiger charge is -2.52. The minimum absolute atomic E-state index is 0.0720. The third-order valence-electron chi connectivity index (χ3n) is 7.87. The van der Waals surface area contributed by atoms with E-state index in [0.717, 1.165) is 16.8 Å². The van der Waals surface area contributed by atoms with Gasteiger partial charge in [-0.05, 0) is 25.0 Å². The lowest BCUT2D eigenvalue weighted by atomic mass is 9.79. The standard InChI is InChI=1S/C25H27ClF5N5O4S/c26-23-19(32-5-6-33-23)22(24(40)1-3-25(30,31)4-2-24)41-11-16(38)20(21(39)17(41)10-37)36-9-15(34-35-36)12-7-13(27)18(29)14(28)8-12/h5-9,16-17,20-22,37-41H,1-4,10-11H2/t16-,17+,20-,21-,22?/m0/s1. The van der Waals surface area contributed by atoms with Crippen molar-refractivity contribution in [1.82, 2.24) is 25.0 Å². The van der Waals surface area contributed by atoms with E-state index >= 15 is 0 Å². The first kappa shape index (κ1) is 30.0. The third kappa shape index (κ3) is 5.67. The van der Waals surface area contributed by atoms with Gasteiger partial charge in [0, 0.05) is 41.8 Å². The summed E-state index contributed by atoms with van der Waals surface area (Å²) in [6, 6.07) is 0.255. The highest BCUT2D eigenvalue weighted by Crippen LogP contribution is 2.61. The van der Waals surface area contributed by atoms with Gasteiger partial charge in [-0.25, -0.2) is 42.5 Å². The summed E-state index contributed by atoms with van der Waals surface area (Å²) < 4.78 is 70.2. The molecule has 224 valence electrons. The highest BCUT2D eigenvalue weighted by atomic mass is 35.5. The fourth-order valence-electron chi connectivity index (χ4n) is 5.77. The van der Waals surface area contributed by atoms with Crippen molar-refractivity contribution in [3.8, 4) is 11.3 Å². The molecule has 0 amide bonds. The number of thiol groups is 1. The van der Waals surface area contributed by atoms with E-state index in [9.17, 15) is 42.4 Å². The van der Waals surface area contributed by atoms with Gasteiger partial charge in [0.25, 0.3) is 0 Å². The van der Waals surface area contributed by atoms with Crippen LogP contribution in [-0.2, 0) is 0 Å². The maximum Gasteiger partial charge on any atom is 0.248 e. The number of alkyl halides is 2. The fraction of sp³-hybridized carbons (Fsp3) is 0.520. The smallest absolute Gasteiger partial charge is 0.248 e. The zero-order valence-corrected chi connectivity index (χ0v) is 22.9. The van der Waals surface area contributed by atoms with Gasteiger partial charge in [-0.3, -0.25) is 4.98 Å². The molecule has 1 aliphatic carbocycles. The number of aromatic nitrogens is 5. The average Bonchev–Trinajstić information content (AvgIpc) is 3.40. The number of hydrogen-bond acceptors (Lipinski definition) is 8. The van der Waals surface area contributed by atoms with E-state index in [-0.39, 0.29) is 40.7 Å². The molecule has 4 N–H and O–H groups in total. The quantitative estimate of drug-likeness (QED) is 0.161. The van der Waals surface area contributed by atoms with Crippen molar-refractivity contribution in [2.45, 2.75) is 66.0 Å². The number of aliphatic hydroxyl groups is 4. The number of benzene rings is 1. The predicted molar refractivity (Wildman–Crippen MR) is 139 cm³/mol. The molecule has 1 saturated heterocycles. The molecule has 3 heterocycles. The summed E-state index contributed by atoms with van der Waals surface area (Å²) in [6.07, 6.45) is -0.770. The van der Waals surface area contributed by atoms with Crippen molar-refractivity contribution in [3.05, 3.63) is 59.0 Å². The predicted octanol–water partition coefficient (Wildman–Crippen LogP) is 3.13. The lowest BCUT2D eigenvalue weighted by molar-refractivity contribution is -0.105. The molecular formula is C25H27ClF5N5O4S. The van der Waals surface area contributed by atoms with Gasteiger partial charge in [0.15, 0.2) is 22.6 Å². The lowest BCUT2D eigenvalue weighted by Crippen LogP contribution is -2.53. The highest BCUT2D eigenvalue weighted by Gasteiger charge is 2.54.